The number of amides is 3. The van der Waals surface area contributed by atoms with Gasteiger partial charge in [0.15, 0.2) is 6.61 Å². The van der Waals surface area contributed by atoms with Crippen LogP contribution in [0, 0.1) is 5.92 Å². The van der Waals surface area contributed by atoms with E-state index in [1.165, 1.54) is 0 Å². The highest BCUT2D eigenvalue weighted by Crippen LogP contribution is 2.12. The number of carbonyl (C=O) groups excluding carboxylic acids is 3. The van der Waals surface area contributed by atoms with Gasteiger partial charge in [-0.25, -0.2) is 9.59 Å². The van der Waals surface area contributed by atoms with Gasteiger partial charge in [-0.05, 0) is 18.1 Å². The molecule has 0 aliphatic carbocycles. The van der Waals surface area contributed by atoms with Gasteiger partial charge in [0.25, 0.3) is 5.91 Å². The summed E-state index contributed by atoms with van der Waals surface area (Å²) in [7, 11) is 0. The molecule has 0 saturated heterocycles. The number of carbonyl (C=O) groups is 3. The van der Waals surface area contributed by atoms with Crippen LogP contribution in [0.15, 0.2) is 30.3 Å². The second-order valence-corrected chi connectivity index (χ2v) is 5.69. The minimum atomic E-state index is -4.56. The van der Waals surface area contributed by atoms with Crippen molar-refractivity contribution in [3.8, 4) is 0 Å². The van der Waals surface area contributed by atoms with Gasteiger partial charge >= 0.3 is 18.2 Å². The summed E-state index contributed by atoms with van der Waals surface area (Å²) in [5.41, 5.74) is 0.507. The fourth-order valence-electron chi connectivity index (χ4n) is 1.80. The molecule has 0 spiro atoms. The van der Waals surface area contributed by atoms with Gasteiger partial charge in [0, 0.05) is 5.69 Å². The van der Waals surface area contributed by atoms with Crippen molar-refractivity contribution < 1.29 is 32.3 Å². The molecule has 1 aromatic carbocycles. The van der Waals surface area contributed by atoms with Gasteiger partial charge in [-0.1, -0.05) is 32.0 Å². The molecule has 10 heteroatoms. The summed E-state index contributed by atoms with van der Waals surface area (Å²) in [6.07, 6.45) is -4.56. The van der Waals surface area contributed by atoms with Crippen LogP contribution >= 0.6 is 0 Å². The van der Waals surface area contributed by atoms with E-state index in [2.05, 4.69) is 15.4 Å². The molecule has 0 saturated carbocycles. The highest BCUT2D eigenvalue weighted by molar-refractivity contribution is 5.93. The Morgan fingerprint density at radius 1 is 1.12 bits per heavy atom. The van der Waals surface area contributed by atoms with Crippen LogP contribution in [0.3, 0.4) is 0 Å². The number of alkyl halides is 3. The van der Waals surface area contributed by atoms with Crippen molar-refractivity contribution in [2.24, 2.45) is 5.92 Å². The summed E-state index contributed by atoms with van der Waals surface area (Å²) in [6, 6.07) is 6.75. The van der Waals surface area contributed by atoms with Gasteiger partial charge < -0.3 is 20.7 Å². The van der Waals surface area contributed by atoms with Crippen LogP contribution in [0.4, 0.5) is 23.7 Å². The maximum absolute atomic E-state index is 12.0. The first-order valence-corrected chi connectivity index (χ1v) is 7.71. The third-order valence-corrected chi connectivity index (χ3v) is 3.07. The first-order chi connectivity index (χ1) is 12.1. The first-order valence-electron chi connectivity index (χ1n) is 7.71. The van der Waals surface area contributed by atoms with E-state index < -0.39 is 43.3 Å². The summed E-state index contributed by atoms with van der Waals surface area (Å²) < 4.78 is 40.7. The highest BCUT2D eigenvalue weighted by atomic mass is 19.4. The molecule has 144 valence electrons. The largest absolute Gasteiger partial charge is 0.454 e. The smallest absolute Gasteiger partial charge is 0.405 e. The third-order valence-electron chi connectivity index (χ3n) is 3.07. The lowest BCUT2D eigenvalue weighted by molar-refractivity contribution is -0.153. The number of hydrogen-bond donors (Lipinski definition) is 3. The van der Waals surface area contributed by atoms with Crippen molar-refractivity contribution in [3.05, 3.63) is 30.3 Å². The number of ether oxygens (including phenoxy) is 1. The van der Waals surface area contributed by atoms with E-state index in [1.54, 1.807) is 49.5 Å². The maximum atomic E-state index is 12.0. The van der Waals surface area contributed by atoms with E-state index in [1.807, 2.05) is 0 Å². The Kier molecular flexibility index (Phi) is 7.88. The molecule has 0 aliphatic rings. The van der Waals surface area contributed by atoms with Gasteiger partial charge in [-0.3, -0.25) is 4.79 Å². The molecule has 1 rings (SSSR count). The Balaban J connectivity index is 2.51. The predicted molar refractivity (Wildman–Crippen MR) is 87.2 cm³/mol. The van der Waals surface area contributed by atoms with Crippen molar-refractivity contribution in [2.75, 3.05) is 18.5 Å². The summed E-state index contributed by atoms with van der Waals surface area (Å²) in [5, 5.41) is 6.51. The van der Waals surface area contributed by atoms with Crippen LogP contribution in [0.5, 0.6) is 0 Å². The average molecular weight is 375 g/mol. The molecule has 0 heterocycles. The second-order valence-electron chi connectivity index (χ2n) is 5.69. The van der Waals surface area contributed by atoms with E-state index in [4.69, 9.17) is 0 Å². The van der Waals surface area contributed by atoms with Crippen LogP contribution in [0.1, 0.15) is 13.8 Å². The molecule has 0 aliphatic heterocycles. The number of benzene rings is 1. The number of hydrogen-bond acceptors (Lipinski definition) is 4. The number of nitrogens with one attached hydrogen (secondary N) is 3. The minimum absolute atomic E-state index is 0.373. The lowest BCUT2D eigenvalue weighted by Crippen LogP contribution is -2.47. The summed E-state index contributed by atoms with van der Waals surface area (Å²) in [4.78, 5) is 35.2. The lowest BCUT2D eigenvalue weighted by Gasteiger charge is -2.21. The van der Waals surface area contributed by atoms with Crippen molar-refractivity contribution in [1.82, 2.24) is 10.6 Å². The summed E-state index contributed by atoms with van der Waals surface area (Å²) in [5.74, 6) is -2.39. The Hall–Kier alpha value is -2.78. The molecule has 1 aromatic rings. The van der Waals surface area contributed by atoms with Crippen LogP contribution in [-0.4, -0.2) is 43.3 Å². The zero-order chi connectivity index (χ0) is 19.7. The molecule has 3 N–H and O–H groups in total. The minimum Gasteiger partial charge on any atom is -0.454 e. The first kappa shape index (κ1) is 21.3. The van der Waals surface area contributed by atoms with Crippen molar-refractivity contribution in [2.45, 2.75) is 26.1 Å². The maximum Gasteiger partial charge on any atom is 0.405 e. The Morgan fingerprint density at radius 3 is 2.27 bits per heavy atom. The van der Waals surface area contributed by atoms with E-state index in [0.717, 1.165) is 0 Å². The fraction of sp³-hybridized carbons (Fsp3) is 0.438. The molecule has 26 heavy (non-hydrogen) atoms. The predicted octanol–water partition coefficient (Wildman–Crippen LogP) is 2.05. The van der Waals surface area contributed by atoms with Crippen LogP contribution in [0.25, 0.3) is 0 Å². The van der Waals surface area contributed by atoms with Gasteiger partial charge in [0.2, 0.25) is 0 Å². The van der Waals surface area contributed by atoms with Gasteiger partial charge in [0.1, 0.15) is 12.6 Å². The molecule has 0 fully saturated rings. The molecule has 3 amide bonds. The second kappa shape index (κ2) is 9.64. The van der Waals surface area contributed by atoms with E-state index in [0.29, 0.717) is 5.69 Å². The molecule has 0 bridgehead atoms. The van der Waals surface area contributed by atoms with Crippen LogP contribution < -0.4 is 16.0 Å². The SMILES string of the molecule is CC(C)[C@@H](NC(=O)Nc1ccccc1)C(=O)OCC(=O)NCC(F)(F)F. The Morgan fingerprint density at radius 2 is 1.73 bits per heavy atom. The van der Waals surface area contributed by atoms with Crippen molar-refractivity contribution in [1.29, 1.82) is 0 Å². The zero-order valence-electron chi connectivity index (χ0n) is 14.2. The summed E-state index contributed by atoms with van der Waals surface area (Å²) >= 11 is 0. The van der Waals surface area contributed by atoms with Gasteiger partial charge in [-0.15, -0.1) is 0 Å². The topological polar surface area (TPSA) is 96.5 Å². The number of para-hydroxylation sites is 1. The van der Waals surface area contributed by atoms with E-state index in [-0.39, 0.29) is 5.92 Å². The summed E-state index contributed by atoms with van der Waals surface area (Å²) in [6.45, 7) is 0.881. The third kappa shape index (κ3) is 8.36. The zero-order valence-corrected chi connectivity index (χ0v) is 14.2. The molecule has 0 unspecified atom stereocenters. The van der Waals surface area contributed by atoms with Gasteiger partial charge in [-0.2, -0.15) is 13.2 Å². The fourth-order valence-corrected chi connectivity index (χ4v) is 1.80. The Labute approximate surface area is 148 Å². The van der Waals surface area contributed by atoms with Crippen LogP contribution in [-0.2, 0) is 14.3 Å². The average Bonchev–Trinajstić information content (AvgIpc) is 2.55. The van der Waals surface area contributed by atoms with Crippen LogP contribution in [0.2, 0.25) is 0 Å². The number of esters is 1. The number of anilines is 1. The number of urea groups is 1. The Bertz CT molecular complexity index is 621. The molecule has 0 radical (unpaired) electrons. The normalized spacial score (nSPS) is 12.2. The highest BCUT2D eigenvalue weighted by Gasteiger charge is 2.29. The van der Waals surface area contributed by atoms with Crippen molar-refractivity contribution >= 4 is 23.6 Å². The molecule has 7 nitrogen and oxygen atoms in total. The quantitative estimate of drug-likeness (QED) is 0.636. The van der Waals surface area contributed by atoms with E-state index >= 15 is 0 Å². The molecule has 1 atom stereocenters. The lowest BCUT2D eigenvalue weighted by atomic mass is 10.1. The standard InChI is InChI=1S/C16H20F3N3O4/c1-10(2)13(22-15(25)21-11-6-4-3-5-7-11)14(24)26-8-12(23)20-9-16(17,18)19/h3-7,10,13H,8-9H2,1-2H3,(H,20,23)(H2,21,22,25)/t13-/m1/s1. The van der Waals surface area contributed by atoms with Gasteiger partial charge in [0.05, 0.1) is 0 Å². The number of halogens is 3. The molecule has 0 aromatic heterocycles. The monoisotopic (exact) mass is 375 g/mol. The van der Waals surface area contributed by atoms with E-state index in [9.17, 15) is 27.6 Å². The van der Waals surface area contributed by atoms with Crippen molar-refractivity contribution in [3.63, 3.8) is 0 Å². The number of rotatable bonds is 7. The molecular weight excluding hydrogens is 355 g/mol. The molecular formula is C16H20F3N3O4.